The second-order valence-corrected chi connectivity index (χ2v) is 2.84. The average Bonchev–Trinajstić information content (AvgIpc) is 2.20. The number of aromatic nitrogens is 1. The molecule has 0 saturated heterocycles. The maximum atomic E-state index is 10.5. The van der Waals surface area contributed by atoms with Crippen molar-refractivity contribution in [2.24, 2.45) is 5.73 Å². The van der Waals surface area contributed by atoms with Crippen LogP contribution in [0.5, 0.6) is 0 Å². The fourth-order valence-corrected chi connectivity index (χ4v) is 0.996. The van der Waals surface area contributed by atoms with E-state index in [1.807, 2.05) is 0 Å². The lowest BCUT2D eigenvalue weighted by Crippen LogP contribution is -2.19. The summed E-state index contributed by atoms with van der Waals surface area (Å²) in [5.41, 5.74) is 5.52. The molecule has 0 spiro atoms. The minimum atomic E-state index is -0.600. The molecular formula is C9H14N4O2. The van der Waals surface area contributed by atoms with Gasteiger partial charge in [0, 0.05) is 13.7 Å². The number of amides is 2. The molecular weight excluding hydrogens is 196 g/mol. The minimum absolute atomic E-state index is 0.569. The molecule has 82 valence electrons. The van der Waals surface area contributed by atoms with Crippen molar-refractivity contribution in [2.75, 3.05) is 30.9 Å². The van der Waals surface area contributed by atoms with Crippen LogP contribution in [0.15, 0.2) is 18.3 Å². The second kappa shape index (κ2) is 5.82. The van der Waals surface area contributed by atoms with Gasteiger partial charge in [-0.1, -0.05) is 0 Å². The number of anilines is 2. The quantitative estimate of drug-likeness (QED) is 0.622. The summed E-state index contributed by atoms with van der Waals surface area (Å²) >= 11 is 0. The molecule has 4 N–H and O–H groups in total. The van der Waals surface area contributed by atoms with Crippen molar-refractivity contribution in [3.05, 3.63) is 18.3 Å². The van der Waals surface area contributed by atoms with Gasteiger partial charge in [0.2, 0.25) is 0 Å². The van der Waals surface area contributed by atoms with Crippen LogP contribution in [0.2, 0.25) is 0 Å². The van der Waals surface area contributed by atoms with Gasteiger partial charge in [0.25, 0.3) is 0 Å². The van der Waals surface area contributed by atoms with E-state index in [9.17, 15) is 4.79 Å². The number of hydrogen-bond donors (Lipinski definition) is 3. The van der Waals surface area contributed by atoms with E-state index < -0.39 is 6.03 Å². The van der Waals surface area contributed by atoms with Crippen molar-refractivity contribution in [1.29, 1.82) is 0 Å². The highest BCUT2D eigenvalue weighted by molar-refractivity contribution is 5.87. The number of pyridine rings is 1. The molecule has 15 heavy (non-hydrogen) atoms. The first-order valence-electron chi connectivity index (χ1n) is 4.47. The van der Waals surface area contributed by atoms with Gasteiger partial charge >= 0.3 is 6.03 Å². The maximum absolute atomic E-state index is 10.5. The summed E-state index contributed by atoms with van der Waals surface area (Å²) in [6, 6.07) is 2.87. The number of rotatable bonds is 5. The molecule has 0 aliphatic carbocycles. The zero-order valence-electron chi connectivity index (χ0n) is 8.49. The fraction of sp³-hybridized carbons (Fsp3) is 0.333. The first kappa shape index (κ1) is 11.3. The maximum Gasteiger partial charge on any atom is 0.316 e. The van der Waals surface area contributed by atoms with Crippen LogP contribution in [-0.2, 0) is 4.74 Å². The summed E-state index contributed by atoms with van der Waals surface area (Å²) in [6.45, 7) is 1.30. The van der Waals surface area contributed by atoms with Gasteiger partial charge in [-0.15, -0.1) is 0 Å². The highest BCUT2D eigenvalue weighted by Crippen LogP contribution is 2.08. The third-order valence-electron chi connectivity index (χ3n) is 1.64. The summed E-state index contributed by atoms with van der Waals surface area (Å²) in [6.07, 6.45) is 1.53. The van der Waals surface area contributed by atoms with E-state index in [1.165, 1.54) is 6.20 Å². The van der Waals surface area contributed by atoms with Crippen molar-refractivity contribution in [2.45, 2.75) is 0 Å². The van der Waals surface area contributed by atoms with Crippen molar-refractivity contribution >= 4 is 17.5 Å². The molecule has 6 nitrogen and oxygen atoms in total. The van der Waals surface area contributed by atoms with Gasteiger partial charge in [-0.3, -0.25) is 0 Å². The first-order valence-corrected chi connectivity index (χ1v) is 4.47. The third-order valence-corrected chi connectivity index (χ3v) is 1.64. The lowest BCUT2D eigenvalue weighted by atomic mass is 10.4. The summed E-state index contributed by atoms with van der Waals surface area (Å²) in [7, 11) is 1.63. The number of carbonyl (C=O) groups excluding carboxylic acids is 1. The molecule has 0 aliphatic heterocycles. The summed E-state index contributed by atoms with van der Waals surface area (Å²) in [4.78, 5) is 14.6. The zero-order valence-corrected chi connectivity index (χ0v) is 8.49. The van der Waals surface area contributed by atoms with Crippen LogP contribution < -0.4 is 16.4 Å². The van der Waals surface area contributed by atoms with Crippen LogP contribution in [0.3, 0.4) is 0 Å². The molecule has 0 saturated carbocycles. The Morgan fingerprint density at radius 3 is 2.93 bits per heavy atom. The molecule has 1 aromatic heterocycles. The summed E-state index contributed by atoms with van der Waals surface area (Å²) in [5.74, 6) is 0.724. The van der Waals surface area contributed by atoms with Gasteiger partial charge in [-0.2, -0.15) is 0 Å². The Kier molecular flexibility index (Phi) is 4.36. The van der Waals surface area contributed by atoms with Gasteiger partial charge in [-0.25, -0.2) is 9.78 Å². The number of nitrogens with two attached hydrogens (primary N) is 1. The molecule has 0 aliphatic rings. The molecule has 1 aromatic rings. The van der Waals surface area contributed by atoms with Gasteiger partial charge in [-0.05, 0) is 12.1 Å². The normalized spacial score (nSPS) is 9.67. The molecule has 0 atom stereocenters. The first-order chi connectivity index (χ1) is 7.22. The van der Waals surface area contributed by atoms with E-state index in [0.29, 0.717) is 18.8 Å². The van der Waals surface area contributed by atoms with Gasteiger partial charge in [0.1, 0.15) is 5.82 Å². The highest BCUT2D eigenvalue weighted by Gasteiger charge is 1.97. The van der Waals surface area contributed by atoms with Crippen molar-refractivity contribution < 1.29 is 9.53 Å². The Balaban J connectivity index is 2.45. The highest BCUT2D eigenvalue weighted by atomic mass is 16.5. The fourth-order valence-electron chi connectivity index (χ4n) is 0.996. The molecule has 0 bridgehead atoms. The second-order valence-electron chi connectivity index (χ2n) is 2.84. The predicted molar refractivity (Wildman–Crippen MR) is 57.8 cm³/mol. The molecule has 0 unspecified atom stereocenters. The minimum Gasteiger partial charge on any atom is -0.383 e. The lowest BCUT2D eigenvalue weighted by Gasteiger charge is -2.05. The van der Waals surface area contributed by atoms with E-state index in [0.717, 1.165) is 5.82 Å². The number of carbonyl (C=O) groups is 1. The largest absolute Gasteiger partial charge is 0.383 e. The summed E-state index contributed by atoms with van der Waals surface area (Å²) in [5, 5.41) is 5.47. The Morgan fingerprint density at radius 2 is 2.40 bits per heavy atom. The molecule has 2 amide bonds. The lowest BCUT2D eigenvalue weighted by molar-refractivity contribution is 0.210. The Bertz CT molecular complexity index is 312. The standard InChI is InChI=1S/C9H14N4O2/c1-15-5-4-11-8-3-2-7(6-12-8)13-9(10)14/h2-3,6H,4-5H2,1H3,(H,11,12)(H3,10,13,14). The number of primary amides is 1. The van der Waals surface area contributed by atoms with Crippen LogP contribution in [-0.4, -0.2) is 31.3 Å². The number of nitrogens with one attached hydrogen (secondary N) is 2. The van der Waals surface area contributed by atoms with Gasteiger partial charge in [0.05, 0.1) is 18.5 Å². The third kappa shape index (κ3) is 4.28. The number of hydrogen-bond acceptors (Lipinski definition) is 4. The molecule has 0 radical (unpaired) electrons. The Labute approximate surface area is 87.8 Å². The average molecular weight is 210 g/mol. The topological polar surface area (TPSA) is 89.3 Å². The van der Waals surface area contributed by atoms with Crippen LogP contribution in [0.1, 0.15) is 0 Å². The summed E-state index contributed by atoms with van der Waals surface area (Å²) < 4.78 is 4.88. The Morgan fingerprint density at radius 1 is 1.60 bits per heavy atom. The van der Waals surface area contributed by atoms with Gasteiger partial charge < -0.3 is 21.1 Å². The van der Waals surface area contributed by atoms with Crippen LogP contribution >= 0.6 is 0 Å². The van der Waals surface area contributed by atoms with Gasteiger partial charge in [0.15, 0.2) is 0 Å². The monoisotopic (exact) mass is 210 g/mol. The smallest absolute Gasteiger partial charge is 0.316 e. The van der Waals surface area contributed by atoms with Crippen LogP contribution in [0.4, 0.5) is 16.3 Å². The molecule has 1 rings (SSSR count). The Hall–Kier alpha value is -1.82. The molecule has 1 heterocycles. The van der Waals surface area contributed by atoms with Crippen molar-refractivity contribution in [3.63, 3.8) is 0 Å². The number of methoxy groups -OCH3 is 1. The number of nitrogens with zero attached hydrogens (tertiary/aromatic N) is 1. The van der Waals surface area contributed by atoms with Crippen LogP contribution in [0.25, 0.3) is 0 Å². The predicted octanol–water partition coefficient (Wildman–Crippen LogP) is 0.630. The zero-order chi connectivity index (χ0) is 11.1. The van der Waals surface area contributed by atoms with Crippen molar-refractivity contribution in [1.82, 2.24) is 4.98 Å². The molecule has 0 fully saturated rings. The number of urea groups is 1. The molecule has 6 heteroatoms. The SMILES string of the molecule is COCCNc1ccc(NC(N)=O)cn1. The van der Waals surface area contributed by atoms with Crippen LogP contribution in [0, 0.1) is 0 Å². The number of ether oxygens (including phenoxy) is 1. The van der Waals surface area contributed by atoms with E-state index in [-0.39, 0.29) is 0 Å². The van der Waals surface area contributed by atoms with E-state index >= 15 is 0 Å². The molecule has 0 aromatic carbocycles. The van der Waals surface area contributed by atoms with Crippen molar-refractivity contribution in [3.8, 4) is 0 Å². The van der Waals surface area contributed by atoms with E-state index in [1.54, 1.807) is 19.2 Å². The van der Waals surface area contributed by atoms with E-state index in [2.05, 4.69) is 15.6 Å². The van der Waals surface area contributed by atoms with E-state index in [4.69, 9.17) is 10.5 Å².